The van der Waals surface area contributed by atoms with Crippen LogP contribution in [-0.4, -0.2) is 20.1 Å². The minimum absolute atomic E-state index is 0.282. The van der Waals surface area contributed by atoms with Crippen molar-refractivity contribution in [3.05, 3.63) is 65.1 Å². The predicted molar refractivity (Wildman–Crippen MR) is 77.7 cm³/mol. The fourth-order valence-electron chi connectivity index (χ4n) is 2.13. The highest BCUT2D eigenvalue weighted by Crippen LogP contribution is 2.31. The van der Waals surface area contributed by atoms with Crippen LogP contribution >= 0.6 is 11.6 Å². The van der Waals surface area contributed by atoms with Crippen molar-refractivity contribution < 1.29 is 9.50 Å². The molecule has 1 heterocycles. The van der Waals surface area contributed by atoms with E-state index < -0.39 is 0 Å². The largest absolute Gasteiger partial charge is 0.390 e. The third-order valence-corrected chi connectivity index (χ3v) is 3.40. The molecule has 1 N–H and O–H groups in total. The van der Waals surface area contributed by atoms with Crippen molar-refractivity contribution in [3.8, 4) is 16.9 Å². The first-order chi connectivity index (χ1) is 10.2. The van der Waals surface area contributed by atoms with Crippen molar-refractivity contribution in [1.29, 1.82) is 0 Å². The number of hydrogen-bond donors (Lipinski definition) is 1. The second-order valence-corrected chi connectivity index (χ2v) is 4.82. The summed E-state index contributed by atoms with van der Waals surface area (Å²) in [5.41, 5.74) is 2.12. The number of hydrogen-bond acceptors (Lipinski definition) is 3. The summed E-state index contributed by atoms with van der Waals surface area (Å²) in [6.45, 7) is -0.282. The second kappa shape index (κ2) is 5.63. The van der Waals surface area contributed by atoms with Crippen molar-refractivity contribution in [3.63, 3.8) is 0 Å². The summed E-state index contributed by atoms with van der Waals surface area (Å²) in [6, 6.07) is 13.2. The Morgan fingerprint density at radius 2 is 1.95 bits per heavy atom. The van der Waals surface area contributed by atoms with Gasteiger partial charge in [-0.15, -0.1) is 5.10 Å². The van der Waals surface area contributed by atoms with E-state index in [1.165, 1.54) is 16.8 Å². The van der Waals surface area contributed by atoms with Crippen molar-refractivity contribution >= 4 is 11.6 Å². The molecule has 3 aromatic rings. The van der Waals surface area contributed by atoms with Gasteiger partial charge in [-0.3, -0.25) is 0 Å². The first-order valence-electron chi connectivity index (χ1n) is 6.27. The average Bonchev–Trinajstić information content (AvgIpc) is 2.91. The Hall–Kier alpha value is -2.24. The van der Waals surface area contributed by atoms with E-state index in [0.29, 0.717) is 27.7 Å². The van der Waals surface area contributed by atoms with E-state index in [1.807, 2.05) is 6.07 Å². The number of rotatable bonds is 3. The molecule has 6 heteroatoms. The molecule has 106 valence electrons. The number of benzene rings is 2. The van der Waals surface area contributed by atoms with Gasteiger partial charge in [0.15, 0.2) is 0 Å². The monoisotopic (exact) mass is 303 g/mol. The highest BCUT2D eigenvalue weighted by molar-refractivity contribution is 6.33. The minimum atomic E-state index is -0.376. The first-order valence-corrected chi connectivity index (χ1v) is 6.65. The van der Waals surface area contributed by atoms with Crippen LogP contribution < -0.4 is 0 Å². The maximum absolute atomic E-state index is 13.4. The van der Waals surface area contributed by atoms with Crippen molar-refractivity contribution in [1.82, 2.24) is 15.0 Å². The van der Waals surface area contributed by atoms with E-state index in [2.05, 4.69) is 10.3 Å². The quantitative estimate of drug-likeness (QED) is 0.808. The molecule has 0 saturated carbocycles. The lowest BCUT2D eigenvalue weighted by molar-refractivity contribution is 0.277. The van der Waals surface area contributed by atoms with Gasteiger partial charge in [0, 0.05) is 5.56 Å². The van der Waals surface area contributed by atoms with Crippen LogP contribution in [0.25, 0.3) is 16.9 Å². The van der Waals surface area contributed by atoms with Crippen LogP contribution in [-0.2, 0) is 6.61 Å². The Balaban J connectivity index is 2.24. The summed E-state index contributed by atoms with van der Waals surface area (Å²) in [4.78, 5) is 0. The maximum Gasteiger partial charge on any atom is 0.125 e. The van der Waals surface area contributed by atoms with Crippen LogP contribution in [0.3, 0.4) is 0 Å². The first kappa shape index (κ1) is 13.7. The predicted octanol–water partition coefficient (Wildman–Crippen LogP) is 3.22. The molecule has 0 aliphatic heterocycles. The molecule has 0 fully saturated rings. The van der Waals surface area contributed by atoms with E-state index in [0.717, 1.165) is 0 Å². The molecule has 0 aliphatic carbocycles. The lowest BCUT2D eigenvalue weighted by atomic mass is 10.1. The molecule has 2 aromatic carbocycles. The van der Waals surface area contributed by atoms with E-state index in [4.69, 9.17) is 11.6 Å². The SMILES string of the molecule is OCc1nnn(-c2cccc(F)c2)c1-c1ccccc1Cl. The molecule has 0 atom stereocenters. The Morgan fingerprint density at radius 3 is 2.67 bits per heavy atom. The number of halogens is 2. The standard InChI is InChI=1S/C15H11ClFN3O/c16-13-7-2-1-6-12(13)15-14(9-21)18-19-20(15)11-5-3-4-10(17)8-11/h1-8,21H,9H2. The zero-order chi connectivity index (χ0) is 14.8. The number of nitrogens with zero attached hydrogens (tertiary/aromatic N) is 3. The van der Waals surface area contributed by atoms with Gasteiger partial charge >= 0.3 is 0 Å². The van der Waals surface area contributed by atoms with Gasteiger partial charge in [-0.25, -0.2) is 9.07 Å². The van der Waals surface area contributed by atoms with Crippen molar-refractivity contribution in [2.75, 3.05) is 0 Å². The number of aromatic nitrogens is 3. The maximum atomic E-state index is 13.4. The summed E-state index contributed by atoms with van der Waals surface area (Å²) < 4.78 is 14.9. The molecule has 0 saturated heterocycles. The van der Waals surface area contributed by atoms with Gasteiger partial charge in [-0.1, -0.05) is 41.1 Å². The third kappa shape index (κ3) is 2.53. The van der Waals surface area contributed by atoms with E-state index in [9.17, 15) is 9.50 Å². The van der Waals surface area contributed by atoms with Gasteiger partial charge in [0.25, 0.3) is 0 Å². The van der Waals surface area contributed by atoms with E-state index >= 15 is 0 Å². The van der Waals surface area contributed by atoms with E-state index in [-0.39, 0.29) is 12.4 Å². The van der Waals surface area contributed by atoms with Crippen LogP contribution in [0, 0.1) is 5.82 Å². The zero-order valence-electron chi connectivity index (χ0n) is 10.9. The Kier molecular flexibility index (Phi) is 3.68. The van der Waals surface area contributed by atoms with Crippen molar-refractivity contribution in [2.45, 2.75) is 6.61 Å². The molecule has 3 rings (SSSR count). The summed E-state index contributed by atoms with van der Waals surface area (Å²) in [5.74, 6) is -0.376. The molecule has 0 radical (unpaired) electrons. The number of aliphatic hydroxyl groups is 1. The Bertz CT molecular complexity index is 788. The molecule has 0 amide bonds. The topological polar surface area (TPSA) is 50.9 Å². The van der Waals surface area contributed by atoms with E-state index in [1.54, 1.807) is 30.3 Å². The normalized spacial score (nSPS) is 10.8. The van der Waals surface area contributed by atoms with Crippen molar-refractivity contribution in [2.24, 2.45) is 0 Å². The van der Waals surface area contributed by atoms with Crippen LogP contribution in [0.4, 0.5) is 4.39 Å². The lowest BCUT2D eigenvalue weighted by Gasteiger charge is -2.09. The molecule has 0 unspecified atom stereocenters. The lowest BCUT2D eigenvalue weighted by Crippen LogP contribution is -2.01. The van der Waals surface area contributed by atoms with Gasteiger partial charge in [-0.05, 0) is 24.3 Å². The summed E-state index contributed by atoms with van der Waals surface area (Å²) in [7, 11) is 0. The molecule has 4 nitrogen and oxygen atoms in total. The van der Waals surface area contributed by atoms with Gasteiger partial charge in [-0.2, -0.15) is 0 Å². The van der Waals surface area contributed by atoms with Crippen LogP contribution in [0.2, 0.25) is 5.02 Å². The fraction of sp³-hybridized carbons (Fsp3) is 0.0667. The zero-order valence-corrected chi connectivity index (χ0v) is 11.6. The molecular weight excluding hydrogens is 293 g/mol. The molecule has 1 aromatic heterocycles. The Morgan fingerprint density at radius 1 is 1.14 bits per heavy atom. The smallest absolute Gasteiger partial charge is 0.125 e. The van der Waals surface area contributed by atoms with Gasteiger partial charge in [0.05, 0.1) is 17.3 Å². The van der Waals surface area contributed by atoms with Gasteiger partial charge in [0.1, 0.15) is 17.2 Å². The molecule has 21 heavy (non-hydrogen) atoms. The summed E-state index contributed by atoms with van der Waals surface area (Å²) >= 11 is 6.21. The third-order valence-electron chi connectivity index (χ3n) is 3.07. The highest BCUT2D eigenvalue weighted by atomic mass is 35.5. The summed E-state index contributed by atoms with van der Waals surface area (Å²) in [6.07, 6.45) is 0. The van der Waals surface area contributed by atoms with Gasteiger partial charge < -0.3 is 5.11 Å². The molecule has 0 aliphatic rings. The highest BCUT2D eigenvalue weighted by Gasteiger charge is 2.18. The minimum Gasteiger partial charge on any atom is -0.390 e. The molecule has 0 bridgehead atoms. The van der Waals surface area contributed by atoms with Crippen LogP contribution in [0.5, 0.6) is 0 Å². The second-order valence-electron chi connectivity index (χ2n) is 4.41. The molecular formula is C15H11ClFN3O. The molecule has 0 spiro atoms. The number of aliphatic hydroxyl groups excluding tert-OH is 1. The summed E-state index contributed by atoms with van der Waals surface area (Å²) in [5, 5.41) is 17.9. The average molecular weight is 304 g/mol. The van der Waals surface area contributed by atoms with Gasteiger partial charge in [0.2, 0.25) is 0 Å². The Labute approximate surface area is 125 Å². The van der Waals surface area contributed by atoms with Crippen LogP contribution in [0.15, 0.2) is 48.5 Å². The van der Waals surface area contributed by atoms with Crippen LogP contribution in [0.1, 0.15) is 5.69 Å². The fourth-order valence-corrected chi connectivity index (χ4v) is 2.36.